The third-order valence-corrected chi connectivity index (χ3v) is 4.93. The molecule has 0 saturated carbocycles. The van der Waals surface area contributed by atoms with Crippen LogP contribution in [0, 0.1) is 5.82 Å². The Morgan fingerprint density at radius 2 is 2.00 bits per heavy atom. The van der Waals surface area contributed by atoms with Gasteiger partial charge in [0.15, 0.2) is 0 Å². The first-order valence-corrected chi connectivity index (χ1v) is 9.23. The standard InChI is InChI=1S/C19H19FN4OS/c1-14(15-6-8-16(9-7-15)24-13-21-12-22-24)23-19(25)10-11-26-18-5-3-2-4-17(18)20/h2-9,12-14H,10-11H2,1H3,(H,23,25). The van der Waals surface area contributed by atoms with Crippen molar-refractivity contribution in [1.29, 1.82) is 0 Å². The molecule has 1 aromatic heterocycles. The summed E-state index contributed by atoms with van der Waals surface area (Å²) in [5.74, 6) is 0.227. The van der Waals surface area contributed by atoms with E-state index in [1.54, 1.807) is 29.2 Å². The zero-order valence-electron chi connectivity index (χ0n) is 14.3. The topological polar surface area (TPSA) is 59.8 Å². The van der Waals surface area contributed by atoms with Crippen molar-refractivity contribution < 1.29 is 9.18 Å². The normalized spacial score (nSPS) is 11.9. The summed E-state index contributed by atoms with van der Waals surface area (Å²) in [6, 6.07) is 14.3. The van der Waals surface area contributed by atoms with Crippen LogP contribution >= 0.6 is 11.8 Å². The fourth-order valence-electron chi connectivity index (χ4n) is 2.47. The lowest BCUT2D eigenvalue weighted by atomic mass is 10.1. The van der Waals surface area contributed by atoms with E-state index in [0.29, 0.717) is 17.1 Å². The van der Waals surface area contributed by atoms with E-state index in [9.17, 15) is 9.18 Å². The van der Waals surface area contributed by atoms with Crippen LogP contribution in [0.4, 0.5) is 4.39 Å². The Balaban J connectivity index is 1.48. The average Bonchev–Trinajstić information content (AvgIpc) is 3.18. The third-order valence-electron chi connectivity index (χ3n) is 3.88. The number of carbonyl (C=O) groups is 1. The van der Waals surface area contributed by atoms with Crippen LogP contribution in [-0.4, -0.2) is 26.4 Å². The third kappa shape index (κ3) is 4.70. The monoisotopic (exact) mass is 370 g/mol. The highest BCUT2D eigenvalue weighted by Gasteiger charge is 2.10. The number of aromatic nitrogens is 3. The van der Waals surface area contributed by atoms with Crippen LogP contribution < -0.4 is 5.32 Å². The molecule has 0 fully saturated rings. The molecule has 26 heavy (non-hydrogen) atoms. The Morgan fingerprint density at radius 3 is 2.69 bits per heavy atom. The maximum absolute atomic E-state index is 13.5. The number of amides is 1. The largest absolute Gasteiger partial charge is 0.350 e. The van der Waals surface area contributed by atoms with Gasteiger partial charge in [-0.1, -0.05) is 24.3 Å². The highest BCUT2D eigenvalue weighted by Crippen LogP contribution is 2.22. The lowest BCUT2D eigenvalue weighted by molar-refractivity contribution is -0.121. The number of hydrogen-bond acceptors (Lipinski definition) is 4. The van der Waals surface area contributed by atoms with Gasteiger partial charge in [-0.15, -0.1) is 11.8 Å². The van der Waals surface area contributed by atoms with Crippen molar-refractivity contribution in [2.45, 2.75) is 24.3 Å². The SMILES string of the molecule is CC(NC(=O)CCSc1ccccc1F)c1ccc(-n2cncn2)cc1. The van der Waals surface area contributed by atoms with Crippen molar-refractivity contribution >= 4 is 17.7 Å². The predicted octanol–water partition coefficient (Wildman–Crippen LogP) is 3.77. The zero-order chi connectivity index (χ0) is 18.4. The summed E-state index contributed by atoms with van der Waals surface area (Å²) in [6.07, 6.45) is 3.45. The number of carbonyl (C=O) groups excluding carboxylic acids is 1. The summed E-state index contributed by atoms with van der Waals surface area (Å²) in [5.41, 5.74) is 1.91. The molecule has 0 aliphatic rings. The van der Waals surface area contributed by atoms with E-state index in [4.69, 9.17) is 0 Å². The molecule has 0 aliphatic carbocycles. The summed E-state index contributed by atoms with van der Waals surface area (Å²) in [5, 5.41) is 7.05. The summed E-state index contributed by atoms with van der Waals surface area (Å²) in [4.78, 5) is 16.6. The lowest BCUT2D eigenvalue weighted by Gasteiger charge is -2.15. The second-order valence-electron chi connectivity index (χ2n) is 5.75. The van der Waals surface area contributed by atoms with Crippen LogP contribution in [0.2, 0.25) is 0 Å². The second-order valence-corrected chi connectivity index (χ2v) is 6.89. The van der Waals surface area contributed by atoms with Crippen LogP contribution in [0.5, 0.6) is 0 Å². The average molecular weight is 370 g/mol. The maximum Gasteiger partial charge on any atom is 0.221 e. The molecule has 1 atom stereocenters. The van der Waals surface area contributed by atoms with Crippen molar-refractivity contribution in [2.24, 2.45) is 0 Å². The number of nitrogens with one attached hydrogen (secondary N) is 1. The van der Waals surface area contributed by atoms with E-state index in [2.05, 4.69) is 15.4 Å². The number of nitrogens with zero attached hydrogens (tertiary/aromatic N) is 3. The fraction of sp³-hybridized carbons (Fsp3) is 0.211. The van der Waals surface area contributed by atoms with Gasteiger partial charge in [0.1, 0.15) is 18.5 Å². The number of benzene rings is 2. The Morgan fingerprint density at radius 1 is 1.23 bits per heavy atom. The van der Waals surface area contributed by atoms with Crippen LogP contribution in [0.3, 0.4) is 0 Å². The van der Waals surface area contributed by atoms with E-state index in [-0.39, 0.29) is 17.8 Å². The van der Waals surface area contributed by atoms with Crippen molar-refractivity contribution in [1.82, 2.24) is 20.1 Å². The van der Waals surface area contributed by atoms with Crippen LogP contribution in [-0.2, 0) is 4.79 Å². The highest BCUT2D eigenvalue weighted by molar-refractivity contribution is 7.99. The van der Waals surface area contributed by atoms with Crippen LogP contribution in [0.25, 0.3) is 5.69 Å². The molecule has 1 N–H and O–H groups in total. The summed E-state index contributed by atoms with van der Waals surface area (Å²) in [7, 11) is 0. The molecule has 2 aromatic carbocycles. The van der Waals surface area contributed by atoms with E-state index >= 15 is 0 Å². The Labute approximate surface area is 155 Å². The van der Waals surface area contributed by atoms with Crippen LogP contribution in [0.1, 0.15) is 24.9 Å². The number of rotatable bonds is 7. The molecule has 5 nitrogen and oxygen atoms in total. The first kappa shape index (κ1) is 18.1. The first-order chi connectivity index (χ1) is 12.6. The molecule has 0 aliphatic heterocycles. The van der Waals surface area contributed by atoms with Gasteiger partial charge < -0.3 is 5.32 Å². The van der Waals surface area contributed by atoms with Crippen LogP contribution in [0.15, 0.2) is 66.1 Å². The minimum absolute atomic E-state index is 0.0540. The number of halogens is 1. The Kier molecular flexibility index (Phi) is 6.01. The van der Waals surface area contributed by atoms with Gasteiger partial charge in [0, 0.05) is 17.1 Å². The first-order valence-electron chi connectivity index (χ1n) is 8.25. The molecule has 1 heterocycles. The van der Waals surface area contributed by atoms with Gasteiger partial charge in [0.2, 0.25) is 5.91 Å². The van der Waals surface area contributed by atoms with Gasteiger partial charge in [-0.05, 0) is 36.8 Å². The Bertz CT molecular complexity index is 852. The summed E-state index contributed by atoms with van der Waals surface area (Å²) < 4.78 is 15.2. The fourth-order valence-corrected chi connectivity index (χ4v) is 3.36. The van der Waals surface area contributed by atoms with Gasteiger partial charge in [0.05, 0.1) is 11.7 Å². The highest BCUT2D eigenvalue weighted by atomic mass is 32.2. The lowest BCUT2D eigenvalue weighted by Crippen LogP contribution is -2.26. The molecule has 1 amide bonds. The second kappa shape index (κ2) is 8.62. The van der Waals surface area contributed by atoms with Gasteiger partial charge in [0.25, 0.3) is 0 Å². The molecule has 0 bridgehead atoms. The van der Waals surface area contributed by atoms with Gasteiger partial charge in [-0.2, -0.15) is 5.10 Å². The van der Waals surface area contributed by atoms with Gasteiger partial charge >= 0.3 is 0 Å². The number of thioether (sulfide) groups is 1. The minimum Gasteiger partial charge on any atom is -0.350 e. The van der Waals surface area contributed by atoms with E-state index in [1.165, 1.54) is 24.2 Å². The Hall–Kier alpha value is -2.67. The van der Waals surface area contributed by atoms with Crippen molar-refractivity contribution in [3.63, 3.8) is 0 Å². The smallest absolute Gasteiger partial charge is 0.221 e. The zero-order valence-corrected chi connectivity index (χ0v) is 15.1. The van der Waals surface area contributed by atoms with Gasteiger partial charge in [-0.25, -0.2) is 14.1 Å². The predicted molar refractivity (Wildman–Crippen MR) is 99.7 cm³/mol. The molecular formula is C19H19FN4OS. The van der Waals surface area contributed by atoms with Gasteiger partial charge in [-0.3, -0.25) is 4.79 Å². The summed E-state index contributed by atoms with van der Waals surface area (Å²) in [6.45, 7) is 1.94. The molecule has 3 aromatic rings. The number of hydrogen-bond donors (Lipinski definition) is 1. The van der Waals surface area contributed by atoms with Crippen molar-refractivity contribution in [2.75, 3.05) is 5.75 Å². The molecule has 0 radical (unpaired) electrons. The molecular weight excluding hydrogens is 351 g/mol. The van der Waals surface area contributed by atoms with E-state index < -0.39 is 0 Å². The maximum atomic E-state index is 13.5. The molecule has 3 rings (SSSR count). The van der Waals surface area contributed by atoms with E-state index in [0.717, 1.165) is 11.3 Å². The molecule has 1 unspecified atom stereocenters. The van der Waals surface area contributed by atoms with Crippen molar-refractivity contribution in [3.8, 4) is 5.69 Å². The quantitative estimate of drug-likeness (QED) is 0.643. The summed E-state index contributed by atoms with van der Waals surface area (Å²) >= 11 is 1.35. The minimum atomic E-state index is -0.251. The molecule has 134 valence electrons. The van der Waals surface area contributed by atoms with E-state index in [1.807, 2.05) is 31.2 Å². The molecule has 7 heteroatoms. The molecule has 0 saturated heterocycles. The molecule has 0 spiro atoms. The van der Waals surface area contributed by atoms with Crippen molar-refractivity contribution in [3.05, 3.63) is 72.6 Å².